The first-order chi connectivity index (χ1) is 11.8. The number of likely N-dealkylation sites (tertiary alicyclic amines) is 1. The Bertz CT molecular complexity index is 833. The maximum atomic E-state index is 5.50. The smallest absolute Gasteiger partial charge is 0.291 e. The van der Waals surface area contributed by atoms with Crippen LogP contribution in [0.15, 0.2) is 28.8 Å². The highest BCUT2D eigenvalue weighted by Crippen LogP contribution is 2.27. The average Bonchev–Trinajstić information content (AvgIpc) is 3.18. The van der Waals surface area contributed by atoms with Crippen LogP contribution >= 0.6 is 0 Å². The molecule has 1 aromatic carbocycles. The number of para-hydroxylation sites is 1. The van der Waals surface area contributed by atoms with E-state index in [1.54, 1.807) is 4.68 Å². The molecule has 0 bridgehead atoms. The first kappa shape index (κ1) is 15.3. The molecule has 0 amide bonds. The second-order valence-corrected chi connectivity index (χ2v) is 6.22. The van der Waals surface area contributed by atoms with E-state index in [4.69, 9.17) is 4.52 Å². The van der Waals surface area contributed by atoms with Crippen LogP contribution in [0, 0.1) is 0 Å². The molecule has 0 aliphatic carbocycles. The third-order valence-corrected chi connectivity index (χ3v) is 4.60. The van der Waals surface area contributed by atoms with Gasteiger partial charge in [0.15, 0.2) is 0 Å². The van der Waals surface area contributed by atoms with Crippen LogP contribution in [0.3, 0.4) is 0 Å². The predicted octanol–water partition coefficient (Wildman–Crippen LogP) is 1.59. The molecule has 4 rings (SSSR count). The zero-order chi connectivity index (χ0) is 16.5. The number of likely N-dealkylation sites (N-methyl/N-ethyl adjacent to an activating group) is 1. The summed E-state index contributed by atoms with van der Waals surface area (Å²) in [6.45, 7) is 6.11. The van der Waals surface area contributed by atoms with Crippen LogP contribution in [0.2, 0.25) is 0 Å². The molecule has 1 aliphatic rings. The predicted molar refractivity (Wildman–Crippen MR) is 91.4 cm³/mol. The van der Waals surface area contributed by atoms with Gasteiger partial charge in [-0.25, -0.2) is 0 Å². The lowest BCUT2D eigenvalue weighted by molar-refractivity contribution is 0.127. The minimum atomic E-state index is 0.329. The standard InChI is InChI=1S/C17H22N6O/c1-3-14-13-6-4-5-7-15(13)23(20-14)17-19-16(24-21-17)12-10-22(11-12)9-8-18-2/h4-7,12,18H,3,8-11H2,1-2H3. The molecule has 3 heterocycles. The number of nitrogens with one attached hydrogen (secondary N) is 1. The Balaban J connectivity index is 1.56. The van der Waals surface area contributed by atoms with Gasteiger partial charge in [-0.2, -0.15) is 14.8 Å². The molecule has 1 aliphatic heterocycles. The zero-order valence-electron chi connectivity index (χ0n) is 14.1. The fourth-order valence-corrected chi connectivity index (χ4v) is 3.20. The van der Waals surface area contributed by atoms with E-state index in [1.165, 1.54) is 0 Å². The van der Waals surface area contributed by atoms with E-state index >= 15 is 0 Å². The van der Waals surface area contributed by atoms with E-state index in [1.807, 2.05) is 25.2 Å². The van der Waals surface area contributed by atoms with Crippen molar-refractivity contribution >= 4 is 10.9 Å². The Labute approximate surface area is 140 Å². The molecule has 1 N–H and O–H groups in total. The number of aryl methyl sites for hydroxylation is 1. The van der Waals surface area contributed by atoms with Gasteiger partial charge in [0, 0.05) is 31.6 Å². The van der Waals surface area contributed by atoms with Gasteiger partial charge >= 0.3 is 0 Å². The zero-order valence-corrected chi connectivity index (χ0v) is 14.1. The fourth-order valence-electron chi connectivity index (χ4n) is 3.20. The maximum absolute atomic E-state index is 5.50. The Morgan fingerprint density at radius 3 is 2.92 bits per heavy atom. The van der Waals surface area contributed by atoms with Gasteiger partial charge < -0.3 is 14.7 Å². The van der Waals surface area contributed by atoms with Crippen LogP contribution in [-0.4, -0.2) is 58.0 Å². The van der Waals surface area contributed by atoms with E-state index in [2.05, 4.69) is 38.4 Å². The summed E-state index contributed by atoms with van der Waals surface area (Å²) >= 11 is 0. The third-order valence-electron chi connectivity index (χ3n) is 4.60. The molecule has 0 unspecified atom stereocenters. The molecule has 3 aromatic rings. The van der Waals surface area contributed by atoms with Crippen molar-refractivity contribution in [3.63, 3.8) is 0 Å². The molecule has 0 saturated carbocycles. The molecule has 0 atom stereocenters. The summed E-state index contributed by atoms with van der Waals surface area (Å²) in [5, 5.41) is 13.1. The number of nitrogens with zero attached hydrogens (tertiary/aromatic N) is 5. The number of aromatic nitrogens is 4. The van der Waals surface area contributed by atoms with Crippen molar-refractivity contribution in [1.82, 2.24) is 30.1 Å². The minimum Gasteiger partial charge on any atom is -0.337 e. The van der Waals surface area contributed by atoms with E-state index in [0.29, 0.717) is 17.8 Å². The Kier molecular flexibility index (Phi) is 4.03. The lowest BCUT2D eigenvalue weighted by Gasteiger charge is -2.36. The molecule has 1 fully saturated rings. The van der Waals surface area contributed by atoms with E-state index in [-0.39, 0.29) is 0 Å². The van der Waals surface area contributed by atoms with Crippen LogP contribution in [0.4, 0.5) is 0 Å². The fraction of sp³-hybridized carbons (Fsp3) is 0.471. The van der Waals surface area contributed by atoms with Crippen molar-refractivity contribution in [3.05, 3.63) is 35.9 Å². The molecule has 0 spiro atoms. The number of hydrogen-bond acceptors (Lipinski definition) is 6. The van der Waals surface area contributed by atoms with Gasteiger partial charge in [0.05, 0.1) is 17.1 Å². The number of hydrogen-bond donors (Lipinski definition) is 1. The molecule has 24 heavy (non-hydrogen) atoms. The quantitative estimate of drug-likeness (QED) is 0.742. The highest BCUT2D eigenvalue weighted by Gasteiger charge is 2.32. The SMILES string of the molecule is CCc1nn(-c2noc(C3CN(CCNC)C3)n2)c2ccccc12. The summed E-state index contributed by atoms with van der Waals surface area (Å²) in [4.78, 5) is 6.97. The molecule has 7 heteroatoms. The average molecular weight is 326 g/mol. The van der Waals surface area contributed by atoms with E-state index < -0.39 is 0 Å². The lowest BCUT2D eigenvalue weighted by atomic mass is 10.0. The largest absolute Gasteiger partial charge is 0.337 e. The van der Waals surface area contributed by atoms with Crippen molar-refractivity contribution in [2.24, 2.45) is 0 Å². The summed E-state index contributed by atoms with van der Waals surface area (Å²) in [5.74, 6) is 1.56. The third kappa shape index (κ3) is 2.59. The minimum absolute atomic E-state index is 0.329. The Hall–Kier alpha value is -2.25. The molecular weight excluding hydrogens is 304 g/mol. The van der Waals surface area contributed by atoms with Gasteiger partial charge in [-0.05, 0) is 24.7 Å². The second-order valence-electron chi connectivity index (χ2n) is 6.22. The van der Waals surface area contributed by atoms with Crippen molar-refractivity contribution in [2.75, 3.05) is 33.2 Å². The van der Waals surface area contributed by atoms with Crippen molar-refractivity contribution < 1.29 is 4.52 Å². The van der Waals surface area contributed by atoms with Gasteiger partial charge in [-0.15, -0.1) is 0 Å². The van der Waals surface area contributed by atoms with Gasteiger partial charge in [0.1, 0.15) is 0 Å². The summed E-state index contributed by atoms with van der Waals surface area (Å²) in [6.07, 6.45) is 0.876. The number of fused-ring (bicyclic) bond motifs is 1. The van der Waals surface area contributed by atoms with Gasteiger partial charge in [-0.3, -0.25) is 0 Å². The highest BCUT2D eigenvalue weighted by atomic mass is 16.5. The van der Waals surface area contributed by atoms with E-state index in [0.717, 1.165) is 49.2 Å². The van der Waals surface area contributed by atoms with E-state index in [9.17, 15) is 0 Å². The summed E-state index contributed by atoms with van der Waals surface area (Å²) in [6, 6.07) is 8.17. The molecule has 1 saturated heterocycles. The first-order valence-electron chi connectivity index (χ1n) is 8.47. The monoisotopic (exact) mass is 326 g/mol. The number of rotatable bonds is 6. The van der Waals surface area contributed by atoms with Crippen LogP contribution < -0.4 is 5.32 Å². The van der Waals surface area contributed by atoms with Gasteiger partial charge in [-0.1, -0.05) is 25.1 Å². The topological polar surface area (TPSA) is 72.0 Å². The van der Waals surface area contributed by atoms with Crippen LogP contribution in [0.25, 0.3) is 16.9 Å². The molecule has 126 valence electrons. The van der Waals surface area contributed by atoms with Crippen LogP contribution in [0.1, 0.15) is 24.4 Å². The molecular formula is C17H22N6O. The lowest BCUT2D eigenvalue weighted by Crippen LogP contribution is -2.47. The summed E-state index contributed by atoms with van der Waals surface area (Å²) < 4.78 is 7.29. The normalized spacial score (nSPS) is 15.9. The Morgan fingerprint density at radius 1 is 1.29 bits per heavy atom. The molecule has 7 nitrogen and oxygen atoms in total. The summed E-state index contributed by atoms with van der Waals surface area (Å²) in [5.41, 5.74) is 2.07. The Morgan fingerprint density at radius 2 is 2.12 bits per heavy atom. The molecule has 2 aromatic heterocycles. The van der Waals surface area contributed by atoms with Crippen molar-refractivity contribution in [3.8, 4) is 5.95 Å². The second kappa shape index (κ2) is 6.33. The highest BCUT2D eigenvalue weighted by molar-refractivity contribution is 5.83. The first-order valence-corrected chi connectivity index (χ1v) is 8.47. The van der Waals surface area contributed by atoms with Crippen LogP contribution in [0.5, 0.6) is 0 Å². The van der Waals surface area contributed by atoms with Crippen molar-refractivity contribution in [2.45, 2.75) is 19.3 Å². The maximum Gasteiger partial charge on any atom is 0.291 e. The number of benzene rings is 1. The summed E-state index contributed by atoms with van der Waals surface area (Å²) in [7, 11) is 1.97. The van der Waals surface area contributed by atoms with Gasteiger partial charge in [0.2, 0.25) is 5.89 Å². The van der Waals surface area contributed by atoms with Crippen LogP contribution in [-0.2, 0) is 6.42 Å². The molecule has 0 radical (unpaired) electrons. The van der Waals surface area contributed by atoms with Gasteiger partial charge in [0.25, 0.3) is 5.95 Å². The van der Waals surface area contributed by atoms with Crippen molar-refractivity contribution in [1.29, 1.82) is 0 Å².